The molecule has 10 nitrogen and oxygen atoms in total. The molecule has 1 saturated heterocycles. The lowest BCUT2D eigenvalue weighted by Gasteiger charge is -2.17. The minimum Gasteiger partial charge on any atom is -0.493 e. The number of aromatic nitrogens is 2. The molecular weight excluding hydrogens is 555 g/mol. The van der Waals surface area contributed by atoms with Gasteiger partial charge in [0.2, 0.25) is 11.8 Å². The van der Waals surface area contributed by atoms with E-state index >= 15 is 0 Å². The van der Waals surface area contributed by atoms with Crippen molar-refractivity contribution in [3.8, 4) is 17.2 Å². The van der Waals surface area contributed by atoms with Gasteiger partial charge in [-0.1, -0.05) is 0 Å². The Kier molecular flexibility index (Phi) is 8.17. The number of benzene rings is 2. The van der Waals surface area contributed by atoms with E-state index in [0.717, 1.165) is 5.39 Å². The molecule has 0 spiro atoms. The molecular formula is C32H31FN4O6. The van der Waals surface area contributed by atoms with Gasteiger partial charge in [-0.2, -0.15) is 0 Å². The van der Waals surface area contributed by atoms with Gasteiger partial charge in [-0.3, -0.25) is 14.6 Å². The van der Waals surface area contributed by atoms with E-state index in [1.807, 2.05) is 18.2 Å². The van der Waals surface area contributed by atoms with Crippen molar-refractivity contribution in [2.45, 2.75) is 19.3 Å². The van der Waals surface area contributed by atoms with Gasteiger partial charge in [0.15, 0.2) is 0 Å². The SMILES string of the molecule is O=C(Nc1ccc(F)cc1)C1(C(=O)Nc2ccc(Oc3ccnc4cc(OCC5COCC5CCO)ccc34)cn2)CC1. The fourth-order valence-electron chi connectivity index (χ4n) is 5.14. The van der Waals surface area contributed by atoms with Crippen LogP contribution in [0.25, 0.3) is 10.9 Å². The van der Waals surface area contributed by atoms with Gasteiger partial charge in [0, 0.05) is 42.5 Å². The summed E-state index contributed by atoms with van der Waals surface area (Å²) in [6.07, 6.45) is 4.66. The molecule has 3 heterocycles. The lowest BCUT2D eigenvalue weighted by atomic mass is 9.94. The van der Waals surface area contributed by atoms with E-state index in [1.54, 1.807) is 24.4 Å². The summed E-state index contributed by atoms with van der Waals surface area (Å²) >= 11 is 0. The first kappa shape index (κ1) is 28.5. The zero-order valence-electron chi connectivity index (χ0n) is 23.3. The second kappa shape index (κ2) is 12.3. The van der Waals surface area contributed by atoms with Crippen LogP contribution in [0.3, 0.4) is 0 Å². The number of nitrogens with one attached hydrogen (secondary N) is 2. The predicted octanol–water partition coefficient (Wildman–Crippen LogP) is 4.94. The minimum absolute atomic E-state index is 0.138. The van der Waals surface area contributed by atoms with Crippen molar-refractivity contribution in [1.29, 1.82) is 0 Å². The number of halogens is 1. The number of fused-ring (bicyclic) bond motifs is 1. The van der Waals surface area contributed by atoms with Gasteiger partial charge >= 0.3 is 0 Å². The molecule has 2 aliphatic rings. The van der Waals surface area contributed by atoms with Crippen molar-refractivity contribution >= 4 is 34.2 Å². The topological polar surface area (TPSA) is 132 Å². The maximum absolute atomic E-state index is 13.2. The Hall–Kier alpha value is -4.61. The molecule has 2 amide bonds. The monoisotopic (exact) mass is 586 g/mol. The summed E-state index contributed by atoms with van der Waals surface area (Å²) in [5, 5.41) is 15.5. The van der Waals surface area contributed by atoms with Gasteiger partial charge in [0.25, 0.3) is 0 Å². The van der Waals surface area contributed by atoms with Crippen molar-refractivity contribution < 1.29 is 33.3 Å². The number of ether oxygens (including phenoxy) is 3. The van der Waals surface area contributed by atoms with Gasteiger partial charge in [0.1, 0.15) is 34.3 Å². The molecule has 222 valence electrons. The number of anilines is 2. The number of rotatable bonds is 11. The fraction of sp³-hybridized carbons (Fsp3) is 0.312. The Balaban J connectivity index is 1.06. The molecule has 2 unspecified atom stereocenters. The third kappa shape index (κ3) is 6.42. The van der Waals surface area contributed by atoms with Crippen LogP contribution in [-0.4, -0.2) is 53.3 Å². The van der Waals surface area contributed by atoms with Crippen molar-refractivity contribution in [2.24, 2.45) is 17.3 Å². The zero-order chi connectivity index (χ0) is 29.8. The highest BCUT2D eigenvalue weighted by Crippen LogP contribution is 2.47. The van der Waals surface area contributed by atoms with Gasteiger partial charge < -0.3 is 30.0 Å². The maximum Gasteiger partial charge on any atom is 0.241 e. The summed E-state index contributed by atoms with van der Waals surface area (Å²) in [5.74, 6) is 1.24. The summed E-state index contributed by atoms with van der Waals surface area (Å²) < 4.78 is 30.8. The van der Waals surface area contributed by atoms with Crippen LogP contribution in [0.5, 0.6) is 17.2 Å². The first-order valence-corrected chi connectivity index (χ1v) is 14.2. The number of nitrogens with zero attached hydrogens (tertiary/aromatic N) is 2. The van der Waals surface area contributed by atoms with E-state index in [4.69, 9.17) is 14.2 Å². The van der Waals surface area contributed by atoms with E-state index in [1.165, 1.54) is 30.5 Å². The first-order valence-electron chi connectivity index (χ1n) is 14.2. The van der Waals surface area contributed by atoms with Crippen LogP contribution >= 0.6 is 0 Å². The number of amides is 2. The Labute approximate surface area is 247 Å². The van der Waals surface area contributed by atoms with Crippen molar-refractivity contribution in [2.75, 3.05) is 37.1 Å². The van der Waals surface area contributed by atoms with Crippen LogP contribution < -0.4 is 20.1 Å². The van der Waals surface area contributed by atoms with E-state index in [0.29, 0.717) is 73.5 Å². The Morgan fingerprint density at radius 1 is 0.953 bits per heavy atom. The third-order valence-corrected chi connectivity index (χ3v) is 7.90. The van der Waals surface area contributed by atoms with Crippen LogP contribution in [0.2, 0.25) is 0 Å². The molecule has 2 atom stereocenters. The molecule has 0 bridgehead atoms. The molecule has 4 aromatic rings. The number of pyridine rings is 2. The van der Waals surface area contributed by atoms with Crippen molar-refractivity contribution in [1.82, 2.24) is 9.97 Å². The number of hydrogen-bond donors (Lipinski definition) is 3. The highest BCUT2D eigenvalue weighted by atomic mass is 19.1. The number of carbonyl (C=O) groups is 2. The standard InChI is InChI=1S/C32H31FN4O6/c33-22-1-3-23(4-2-22)36-30(39)32(11-12-32)31(40)37-29-8-6-25(16-35-29)43-28-9-13-34-27-15-24(5-7-26(27)28)42-19-21-18-41-17-20(21)10-14-38/h1-9,13,15-16,20-21,38H,10-12,14,17-19H2,(H,36,39)(H,35,37,40). The molecule has 2 aromatic heterocycles. The van der Waals surface area contributed by atoms with E-state index in [-0.39, 0.29) is 18.3 Å². The normalized spacial score (nSPS) is 18.7. The summed E-state index contributed by atoms with van der Waals surface area (Å²) in [6, 6.07) is 16.0. The average molecular weight is 587 g/mol. The van der Waals surface area contributed by atoms with Crippen LogP contribution in [0, 0.1) is 23.1 Å². The summed E-state index contributed by atoms with van der Waals surface area (Å²) in [5.41, 5.74) is -0.0606. The smallest absolute Gasteiger partial charge is 0.241 e. The number of hydrogen-bond acceptors (Lipinski definition) is 8. The Bertz CT molecular complexity index is 1610. The van der Waals surface area contributed by atoms with Gasteiger partial charge in [-0.15, -0.1) is 0 Å². The third-order valence-electron chi connectivity index (χ3n) is 7.90. The van der Waals surface area contributed by atoms with Crippen LogP contribution in [0.1, 0.15) is 19.3 Å². The van der Waals surface area contributed by atoms with E-state index in [2.05, 4.69) is 20.6 Å². The molecule has 1 saturated carbocycles. The Morgan fingerprint density at radius 2 is 1.72 bits per heavy atom. The Morgan fingerprint density at radius 3 is 2.47 bits per heavy atom. The molecule has 11 heteroatoms. The van der Waals surface area contributed by atoms with Gasteiger partial charge in [-0.25, -0.2) is 9.37 Å². The average Bonchev–Trinajstić information content (AvgIpc) is 3.72. The summed E-state index contributed by atoms with van der Waals surface area (Å²) in [7, 11) is 0. The fourth-order valence-corrected chi connectivity index (χ4v) is 5.14. The van der Waals surface area contributed by atoms with E-state index < -0.39 is 23.0 Å². The maximum atomic E-state index is 13.2. The quantitative estimate of drug-likeness (QED) is 0.211. The second-order valence-corrected chi connectivity index (χ2v) is 10.8. The van der Waals surface area contributed by atoms with Crippen LogP contribution in [-0.2, 0) is 14.3 Å². The summed E-state index contributed by atoms with van der Waals surface area (Å²) in [4.78, 5) is 34.5. The van der Waals surface area contributed by atoms with Crippen LogP contribution in [0.15, 0.2) is 73.1 Å². The number of aliphatic hydroxyl groups is 1. The second-order valence-electron chi connectivity index (χ2n) is 10.8. The molecule has 3 N–H and O–H groups in total. The zero-order valence-corrected chi connectivity index (χ0v) is 23.3. The highest BCUT2D eigenvalue weighted by molar-refractivity contribution is 6.16. The van der Waals surface area contributed by atoms with Gasteiger partial charge in [-0.05, 0) is 79.8 Å². The molecule has 2 aromatic carbocycles. The first-order chi connectivity index (χ1) is 20.9. The molecule has 1 aliphatic carbocycles. The molecule has 6 rings (SSSR count). The number of aliphatic hydroxyl groups excluding tert-OH is 1. The summed E-state index contributed by atoms with van der Waals surface area (Å²) in [6.45, 7) is 1.91. The number of carbonyl (C=O) groups excluding carboxylic acids is 2. The van der Waals surface area contributed by atoms with Crippen molar-refractivity contribution in [3.05, 3.63) is 78.9 Å². The largest absolute Gasteiger partial charge is 0.493 e. The molecule has 1 aliphatic heterocycles. The lowest BCUT2D eigenvalue weighted by molar-refractivity contribution is -0.131. The predicted molar refractivity (Wildman–Crippen MR) is 156 cm³/mol. The van der Waals surface area contributed by atoms with Gasteiger partial charge in [0.05, 0.1) is 24.9 Å². The minimum atomic E-state index is -1.18. The molecule has 0 radical (unpaired) electrons. The highest BCUT2D eigenvalue weighted by Gasteiger charge is 2.56. The van der Waals surface area contributed by atoms with Crippen LogP contribution in [0.4, 0.5) is 15.9 Å². The van der Waals surface area contributed by atoms with E-state index in [9.17, 15) is 19.1 Å². The van der Waals surface area contributed by atoms with Crippen molar-refractivity contribution in [3.63, 3.8) is 0 Å². The molecule has 43 heavy (non-hydrogen) atoms. The lowest BCUT2D eigenvalue weighted by Crippen LogP contribution is -2.35. The molecule has 2 fully saturated rings.